The Balaban J connectivity index is 2.46. The van der Waals surface area contributed by atoms with E-state index in [1.54, 1.807) is 12.4 Å². The summed E-state index contributed by atoms with van der Waals surface area (Å²) in [6.07, 6.45) is 3.49. The van der Waals surface area contributed by atoms with Crippen LogP contribution < -0.4 is 0 Å². The van der Waals surface area contributed by atoms with Gasteiger partial charge in [-0.15, -0.1) is 0 Å². The van der Waals surface area contributed by atoms with Gasteiger partial charge in [0.2, 0.25) is 0 Å². The van der Waals surface area contributed by atoms with Gasteiger partial charge in [0, 0.05) is 25.0 Å². The lowest BCUT2D eigenvalue weighted by Gasteiger charge is -2.05. The lowest BCUT2D eigenvalue weighted by molar-refractivity contribution is 0.932. The van der Waals surface area contributed by atoms with Gasteiger partial charge in [0.25, 0.3) is 0 Å². The van der Waals surface area contributed by atoms with Crippen LogP contribution >= 0.6 is 27.5 Å². The number of aryl methyl sites for hydroxylation is 2. The van der Waals surface area contributed by atoms with E-state index in [1.165, 1.54) is 0 Å². The van der Waals surface area contributed by atoms with E-state index >= 15 is 0 Å². The first kappa shape index (κ1) is 12.6. The van der Waals surface area contributed by atoms with Gasteiger partial charge >= 0.3 is 0 Å². The third kappa shape index (κ3) is 1.93. The molecule has 3 aromatic rings. The number of pyridine rings is 1. The summed E-state index contributed by atoms with van der Waals surface area (Å²) in [5.74, 6) is 0.712. The molecule has 0 saturated carbocycles. The Morgan fingerprint density at radius 1 is 1.21 bits per heavy atom. The third-order valence-corrected chi connectivity index (χ3v) is 4.41. The van der Waals surface area contributed by atoms with Crippen LogP contribution in [0.3, 0.4) is 0 Å². The van der Waals surface area contributed by atoms with Crippen LogP contribution in [0.15, 0.2) is 29.0 Å². The fourth-order valence-electron chi connectivity index (χ4n) is 2.06. The van der Waals surface area contributed by atoms with Gasteiger partial charge in [-0.1, -0.05) is 11.6 Å². The second-order valence-electron chi connectivity index (χ2n) is 4.22. The molecule has 0 unspecified atom stereocenters. The fraction of sp³-hybridized carbons (Fsp3) is 0.154. The van der Waals surface area contributed by atoms with Crippen molar-refractivity contribution < 1.29 is 0 Å². The van der Waals surface area contributed by atoms with E-state index < -0.39 is 0 Å². The van der Waals surface area contributed by atoms with Crippen LogP contribution in [0.1, 0.15) is 5.82 Å². The van der Waals surface area contributed by atoms with E-state index in [1.807, 2.05) is 30.7 Å². The molecule has 0 spiro atoms. The number of nitrogens with zero attached hydrogens (tertiary/aromatic N) is 4. The lowest BCUT2D eigenvalue weighted by atomic mass is 10.1. The molecule has 0 N–H and O–H groups in total. The molecule has 0 aliphatic rings. The Morgan fingerprint density at radius 3 is 2.58 bits per heavy atom. The van der Waals surface area contributed by atoms with Crippen LogP contribution in [0.5, 0.6) is 0 Å². The monoisotopic (exact) mass is 336 g/mol. The highest BCUT2D eigenvalue weighted by molar-refractivity contribution is 9.10. The first-order valence-corrected chi connectivity index (χ1v) is 6.85. The van der Waals surface area contributed by atoms with E-state index in [0.717, 1.165) is 26.8 Å². The second-order valence-corrected chi connectivity index (χ2v) is 5.37. The van der Waals surface area contributed by atoms with E-state index in [9.17, 15) is 0 Å². The highest BCUT2D eigenvalue weighted by Gasteiger charge is 2.18. The van der Waals surface area contributed by atoms with Crippen LogP contribution in [0.2, 0.25) is 5.15 Å². The van der Waals surface area contributed by atoms with Crippen molar-refractivity contribution in [2.24, 2.45) is 7.05 Å². The molecule has 0 amide bonds. The minimum Gasteiger partial charge on any atom is -0.318 e. The van der Waals surface area contributed by atoms with Gasteiger partial charge < -0.3 is 4.57 Å². The summed E-state index contributed by atoms with van der Waals surface area (Å²) in [7, 11) is 1.89. The number of hydrogen-bond acceptors (Lipinski definition) is 3. The highest BCUT2D eigenvalue weighted by Crippen LogP contribution is 2.37. The second kappa shape index (κ2) is 4.58. The van der Waals surface area contributed by atoms with Crippen molar-refractivity contribution in [3.63, 3.8) is 0 Å². The molecule has 0 bridgehead atoms. The molecule has 0 fully saturated rings. The predicted octanol–water partition coefficient (Wildman–Crippen LogP) is 3.75. The van der Waals surface area contributed by atoms with Gasteiger partial charge in [-0.2, -0.15) is 0 Å². The summed E-state index contributed by atoms with van der Waals surface area (Å²) in [5.41, 5.74) is 2.67. The standard InChI is InChI=1S/C13H10BrClN4/c1-7-17-11(8-3-5-16-6-4-8)9-10(14)12(15)19(2)13(9)18-7/h3-6H,1-2H3. The normalized spacial score (nSPS) is 11.2. The molecule has 0 radical (unpaired) electrons. The zero-order valence-electron chi connectivity index (χ0n) is 10.4. The Hall–Kier alpha value is -1.46. The summed E-state index contributed by atoms with van der Waals surface area (Å²) in [5, 5.41) is 1.54. The van der Waals surface area contributed by atoms with Crippen molar-refractivity contribution >= 4 is 38.6 Å². The van der Waals surface area contributed by atoms with Crippen molar-refractivity contribution in [1.82, 2.24) is 19.5 Å². The van der Waals surface area contributed by atoms with Crippen molar-refractivity contribution in [3.05, 3.63) is 40.0 Å². The minimum atomic E-state index is 0.616. The van der Waals surface area contributed by atoms with Gasteiger partial charge in [0.05, 0.1) is 15.6 Å². The summed E-state index contributed by atoms with van der Waals surface area (Å²) in [6.45, 7) is 1.87. The molecular formula is C13H10BrClN4. The molecule has 96 valence electrons. The third-order valence-electron chi connectivity index (χ3n) is 2.97. The molecule has 3 heterocycles. The Bertz CT molecular complexity index is 767. The highest BCUT2D eigenvalue weighted by atomic mass is 79.9. The molecule has 0 atom stereocenters. The molecule has 6 heteroatoms. The lowest BCUT2D eigenvalue weighted by Crippen LogP contribution is -1.96. The quantitative estimate of drug-likeness (QED) is 0.679. The van der Waals surface area contributed by atoms with Gasteiger partial charge in [-0.25, -0.2) is 9.97 Å². The van der Waals surface area contributed by atoms with Crippen LogP contribution in [0.25, 0.3) is 22.3 Å². The molecule has 4 nitrogen and oxygen atoms in total. The minimum absolute atomic E-state index is 0.616. The van der Waals surface area contributed by atoms with Crippen LogP contribution in [0.4, 0.5) is 0 Å². The molecule has 19 heavy (non-hydrogen) atoms. The van der Waals surface area contributed by atoms with Crippen LogP contribution in [0, 0.1) is 6.92 Å². The summed E-state index contributed by atoms with van der Waals surface area (Å²) in [4.78, 5) is 13.0. The predicted molar refractivity (Wildman–Crippen MR) is 79.2 cm³/mol. The van der Waals surface area contributed by atoms with Crippen LogP contribution in [-0.4, -0.2) is 19.5 Å². The van der Waals surface area contributed by atoms with Gasteiger partial charge in [-0.3, -0.25) is 4.98 Å². The first-order valence-electron chi connectivity index (χ1n) is 5.68. The number of hydrogen-bond donors (Lipinski definition) is 0. The summed E-state index contributed by atoms with van der Waals surface area (Å²) < 4.78 is 2.67. The van der Waals surface area contributed by atoms with Crippen molar-refractivity contribution in [2.75, 3.05) is 0 Å². The van der Waals surface area contributed by atoms with Crippen molar-refractivity contribution in [3.8, 4) is 11.3 Å². The number of fused-ring (bicyclic) bond motifs is 1. The van der Waals surface area contributed by atoms with Gasteiger partial charge in [0.15, 0.2) is 0 Å². The van der Waals surface area contributed by atoms with E-state index in [2.05, 4.69) is 30.9 Å². The fourth-order valence-corrected chi connectivity index (χ4v) is 2.87. The molecule has 0 saturated heterocycles. The SMILES string of the molecule is Cc1nc(-c2ccncc2)c2c(Br)c(Cl)n(C)c2n1. The summed E-state index contributed by atoms with van der Waals surface area (Å²) >= 11 is 9.79. The number of aromatic nitrogens is 4. The molecule has 3 aromatic heterocycles. The largest absolute Gasteiger partial charge is 0.318 e. The van der Waals surface area contributed by atoms with Crippen molar-refractivity contribution in [1.29, 1.82) is 0 Å². The smallest absolute Gasteiger partial charge is 0.146 e. The average Bonchev–Trinajstić information content (AvgIpc) is 2.64. The molecule has 0 aliphatic carbocycles. The molecule has 3 rings (SSSR count). The van der Waals surface area contributed by atoms with Gasteiger partial charge in [-0.05, 0) is 35.0 Å². The molecule has 0 aromatic carbocycles. The van der Waals surface area contributed by atoms with E-state index in [0.29, 0.717) is 11.0 Å². The zero-order chi connectivity index (χ0) is 13.6. The molecular weight excluding hydrogens is 328 g/mol. The Labute approximate surface area is 123 Å². The number of rotatable bonds is 1. The maximum absolute atomic E-state index is 6.27. The number of halogens is 2. The Kier molecular flexibility index (Phi) is 3.03. The Morgan fingerprint density at radius 2 is 1.89 bits per heavy atom. The van der Waals surface area contributed by atoms with E-state index in [4.69, 9.17) is 11.6 Å². The maximum atomic E-state index is 6.27. The van der Waals surface area contributed by atoms with E-state index in [-0.39, 0.29) is 0 Å². The molecule has 0 aliphatic heterocycles. The van der Waals surface area contributed by atoms with Gasteiger partial charge in [0.1, 0.15) is 16.6 Å². The maximum Gasteiger partial charge on any atom is 0.146 e. The summed E-state index contributed by atoms with van der Waals surface area (Å²) in [6, 6.07) is 3.85. The van der Waals surface area contributed by atoms with Crippen molar-refractivity contribution in [2.45, 2.75) is 6.92 Å². The zero-order valence-corrected chi connectivity index (χ0v) is 12.7. The average molecular weight is 338 g/mol. The van der Waals surface area contributed by atoms with Crippen LogP contribution in [-0.2, 0) is 7.05 Å². The topological polar surface area (TPSA) is 43.6 Å². The first-order chi connectivity index (χ1) is 9.09.